The van der Waals surface area contributed by atoms with Crippen LogP contribution in [-0.4, -0.2) is 52.7 Å². The van der Waals surface area contributed by atoms with Gasteiger partial charge in [-0.1, -0.05) is 24.3 Å². The molecule has 0 aliphatic heterocycles. The van der Waals surface area contributed by atoms with Crippen molar-refractivity contribution in [1.82, 2.24) is 19.5 Å². The summed E-state index contributed by atoms with van der Waals surface area (Å²) in [6.07, 6.45) is 2.69. The molecule has 2 heterocycles. The number of alkyl halides is 3. The van der Waals surface area contributed by atoms with Gasteiger partial charge < -0.3 is 14.8 Å². The number of anilines is 5. The summed E-state index contributed by atoms with van der Waals surface area (Å²) < 4.78 is 63.0. The van der Waals surface area contributed by atoms with Gasteiger partial charge in [0.2, 0.25) is 17.8 Å². The average molecular weight is 656 g/mol. The number of carbonyl (C=O) groups is 1. The molecule has 2 aromatic heterocycles. The number of rotatable bonds is 10. The first kappa shape index (κ1) is 31.8. The molecule has 0 radical (unpaired) electrons. The molecule has 0 saturated carbocycles. The Kier molecular flexibility index (Phi) is 9.02. The van der Waals surface area contributed by atoms with Gasteiger partial charge in [-0.3, -0.25) is 10.1 Å². The number of aromatic nitrogens is 4. The zero-order valence-corrected chi connectivity index (χ0v) is 26.0. The molecule has 0 unspecified atom stereocenters. The van der Waals surface area contributed by atoms with Crippen LogP contribution in [0.3, 0.4) is 0 Å². The minimum absolute atomic E-state index is 0.0133. The van der Waals surface area contributed by atoms with E-state index in [1.54, 1.807) is 54.2 Å². The molecule has 5 aromatic rings. The summed E-state index contributed by atoms with van der Waals surface area (Å²) in [4.78, 5) is 28.1. The first-order valence-electron chi connectivity index (χ1n) is 13.4. The Balaban J connectivity index is 1.27. The van der Waals surface area contributed by atoms with Crippen LogP contribution in [0.25, 0.3) is 11.0 Å². The normalized spacial score (nSPS) is 11.9. The van der Waals surface area contributed by atoms with E-state index in [0.29, 0.717) is 40.0 Å². The average Bonchev–Trinajstić information content (AvgIpc) is 3.26. The van der Waals surface area contributed by atoms with Crippen molar-refractivity contribution in [2.75, 3.05) is 28.8 Å². The molecule has 234 valence electrons. The van der Waals surface area contributed by atoms with Crippen LogP contribution in [0, 0.1) is 0 Å². The minimum Gasteiger partial charge on any atom is -0.329 e. The molecule has 3 aromatic carbocycles. The smallest absolute Gasteiger partial charge is 0.329 e. The number of hydrogen-bond donors (Lipinski definition) is 2. The highest BCUT2D eigenvalue weighted by Crippen LogP contribution is 2.37. The molecule has 0 saturated heterocycles. The highest BCUT2D eigenvalue weighted by Gasteiger charge is 2.29. The van der Waals surface area contributed by atoms with E-state index in [0.717, 1.165) is 11.2 Å². The van der Waals surface area contributed by atoms with Gasteiger partial charge in [0.1, 0.15) is 5.82 Å². The van der Waals surface area contributed by atoms with E-state index in [1.807, 2.05) is 30.1 Å². The molecule has 0 aliphatic rings. The van der Waals surface area contributed by atoms with Crippen LogP contribution in [0.5, 0.6) is 0 Å². The first-order chi connectivity index (χ1) is 21.2. The zero-order chi connectivity index (χ0) is 32.4. The van der Waals surface area contributed by atoms with Crippen LogP contribution in [0.4, 0.5) is 42.3 Å². The molecular weight excluding hydrogens is 628 g/mol. The SMILES string of the molecule is CN(c1ccc2c(c1)nc(NC(=O)Cc1cccc(SC(F)(F)F)c1)n2C)c1ccnc(Nc2ccc(CS(C)(=O)=O)cc2)n1. The number of halogens is 3. The quantitative estimate of drug-likeness (QED) is 0.169. The number of nitrogens with zero attached hydrogens (tertiary/aromatic N) is 5. The number of carbonyl (C=O) groups excluding carboxylic acids is 1. The zero-order valence-electron chi connectivity index (χ0n) is 24.3. The Morgan fingerprint density at radius 1 is 1.00 bits per heavy atom. The lowest BCUT2D eigenvalue weighted by Crippen LogP contribution is -2.17. The molecule has 10 nitrogen and oxygen atoms in total. The van der Waals surface area contributed by atoms with E-state index in [9.17, 15) is 26.4 Å². The molecule has 15 heteroatoms. The third-order valence-corrected chi connectivity index (χ3v) is 8.20. The fourth-order valence-corrected chi connectivity index (χ4v) is 5.98. The summed E-state index contributed by atoms with van der Waals surface area (Å²) >= 11 is -0.224. The van der Waals surface area contributed by atoms with E-state index < -0.39 is 21.3 Å². The maximum atomic E-state index is 12.8. The van der Waals surface area contributed by atoms with Gasteiger partial charge in [0.15, 0.2) is 9.84 Å². The lowest BCUT2D eigenvalue weighted by atomic mass is 10.1. The van der Waals surface area contributed by atoms with Crippen molar-refractivity contribution >= 4 is 67.6 Å². The van der Waals surface area contributed by atoms with E-state index in [1.165, 1.54) is 24.5 Å². The maximum Gasteiger partial charge on any atom is 0.446 e. The Bertz CT molecular complexity index is 1960. The summed E-state index contributed by atoms with van der Waals surface area (Å²) in [6.45, 7) is 0. The Hall–Kier alpha value is -4.63. The van der Waals surface area contributed by atoms with Gasteiger partial charge in [-0.15, -0.1) is 0 Å². The molecule has 1 amide bonds. The highest BCUT2D eigenvalue weighted by atomic mass is 32.2. The Labute approximate surface area is 261 Å². The predicted octanol–water partition coefficient (Wildman–Crippen LogP) is 6.21. The van der Waals surface area contributed by atoms with E-state index >= 15 is 0 Å². The van der Waals surface area contributed by atoms with Crippen molar-refractivity contribution in [3.8, 4) is 0 Å². The summed E-state index contributed by atoms with van der Waals surface area (Å²) in [5.74, 6) is 0.788. The van der Waals surface area contributed by atoms with Crippen molar-refractivity contribution < 1.29 is 26.4 Å². The highest BCUT2D eigenvalue weighted by molar-refractivity contribution is 8.00. The summed E-state index contributed by atoms with van der Waals surface area (Å²) in [5.41, 5.74) is -0.439. The number of imidazole rings is 1. The van der Waals surface area contributed by atoms with Crippen molar-refractivity contribution in [1.29, 1.82) is 0 Å². The van der Waals surface area contributed by atoms with Crippen LogP contribution >= 0.6 is 11.8 Å². The second kappa shape index (κ2) is 12.8. The van der Waals surface area contributed by atoms with Gasteiger partial charge in [0, 0.05) is 42.8 Å². The van der Waals surface area contributed by atoms with Crippen LogP contribution in [0.1, 0.15) is 11.1 Å². The topological polar surface area (TPSA) is 122 Å². The van der Waals surface area contributed by atoms with Crippen molar-refractivity contribution in [2.24, 2.45) is 7.05 Å². The number of benzene rings is 3. The van der Waals surface area contributed by atoms with Gasteiger partial charge >= 0.3 is 5.51 Å². The van der Waals surface area contributed by atoms with Crippen LogP contribution < -0.4 is 15.5 Å². The lowest BCUT2D eigenvalue weighted by molar-refractivity contribution is -0.115. The molecule has 0 bridgehead atoms. The van der Waals surface area contributed by atoms with Crippen molar-refractivity contribution in [3.05, 3.63) is 90.1 Å². The van der Waals surface area contributed by atoms with E-state index in [4.69, 9.17) is 0 Å². The largest absolute Gasteiger partial charge is 0.446 e. The third-order valence-electron chi connectivity index (χ3n) is 6.62. The van der Waals surface area contributed by atoms with Gasteiger partial charge in [-0.25, -0.2) is 18.4 Å². The summed E-state index contributed by atoms with van der Waals surface area (Å²) in [5, 5.41) is 5.88. The van der Waals surface area contributed by atoms with Crippen molar-refractivity contribution in [2.45, 2.75) is 22.6 Å². The molecule has 5 rings (SSSR count). The molecule has 2 N–H and O–H groups in total. The van der Waals surface area contributed by atoms with Crippen LogP contribution in [0.2, 0.25) is 0 Å². The monoisotopic (exact) mass is 655 g/mol. The number of thioether (sulfide) groups is 1. The third kappa shape index (κ3) is 8.51. The number of amides is 1. The number of hydrogen-bond acceptors (Lipinski definition) is 9. The Morgan fingerprint density at radius 3 is 2.47 bits per heavy atom. The van der Waals surface area contributed by atoms with Gasteiger partial charge in [0.05, 0.1) is 23.2 Å². The van der Waals surface area contributed by atoms with Crippen LogP contribution in [0.15, 0.2) is 83.9 Å². The lowest BCUT2D eigenvalue weighted by Gasteiger charge is -2.19. The van der Waals surface area contributed by atoms with E-state index in [2.05, 4.69) is 25.6 Å². The molecular formula is C30H28F3N7O3S2. The summed E-state index contributed by atoms with van der Waals surface area (Å²) in [6, 6.07) is 20.1. The van der Waals surface area contributed by atoms with E-state index in [-0.39, 0.29) is 28.8 Å². The molecule has 0 fully saturated rings. The number of aryl methyl sites for hydroxylation is 1. The second-order valence-electron chi connectivity index (χ2n) is 10.3. The fraction of sp³-hybridized carbons (Fsp3) is 0.200. The fourth-order valence-electron chi connectivity index (χ4n) is 4.56. The van der Waals surface area contributed by atoms with Gasteiger partial charge in [-0.2, -0.15) is 18.2 Å². The second-order valence-corrected chi connectivity index (χ2v) is 13.6. The molecule has 0 spiro atoms. The standard InChI is InChI=1S/C30H28F3N7O3S2/c1-39(26-13-14-34-28(37-26)35-21-9-7-19(8-10-21)18-45(3,42)43)22-11-12-25-24(17-22)36-29(40(25)2)38-27(41)16-20-5-4-6-23(15-20)44-30(31,32)33/h4-15,17H,16,18H2,1-3H3,(H,34,35,37)(H,36,38,41). The van der Waals surface area contributed by atoms with Gasteiger partial charge in [0.25, 0.3) is 0 Å². The molecule has 0 atom stereocenters. The van der Waals surface area contributed by atoms with Crippen molar-refractivity contribution in [3.63, 3.8) is 0 Å². The van der Waals surface area contributed by atoms with Gasteiger partial charge in [-0.05, 0) is 71.4 Å². The molecule has 0 aliphatic carbocycles. The molecule has 45 heavy (non-hydrogen) atoms. The maximum absolute atomic E-state index is 12.8. The summed E-state index contributed by atoms with van der Waals surface area (Å²) in [7, 11) is 0.459. The number of sulfone groups is 1. The number of fused-ring (bicyclic) bond motifs is 1. The van der Waals surface area contributed by atoms with Crippen LogP contribution in [-0.2, 0) is 33.9 Å². The minimum atomic E-state index is -4.41. The first-order valence-corrected chi connectivity index (χ1v) is 16.3. The Morgan fingerprint density at radius 2 is 1.76 bits per heavy atom. The number of nitrogens with one attached hydrogen (secondary N) is 2. The predicted molar refractivity (Wildman–Crippen MR) is 170 cm³/mol.